The number of anilines is 1. The van der Waals surface area contributed by atoms with E-state index in [0.29, 0.717) is 6.42 Å². The molecule has 0 saturated heterocycles. The van der Waals surface area contributed by atoms with E-state index in [2.05, 4.69) is 12.2 Å². The highest BCUT2D eigenvalue weighted by Crippen LogP contribution is 2.16. The summed E-state index contributed by atoms with van der Waals surface area (Å²) in [5.74, 6) is -0.751. The summed E-state index contributed by atoms with van der Waals surface area (Å²) in [5, 5.41) is 11.1. The number of nitrogens with zero attached hydrogens (tertiary/aromatic N) is 1. The monoisotopic (exact) mass is 262 g/mol. The average Bonchev–Trinajstić information content (AvgIpc) is 2.41. The molecule has 1 amide bonds. The molecule has 0 bridgehead atoms. The lowest BCUT2D eigenvalue weighted by molar-refractivity contribution is -0.116. The van der Waals surface area contributed by atoms with E-state index in [0.717, 1.165) is 25.3 Å². The third-order valence-electron chi connectivity index (χ3n) is 2.88. The lowest BCUT2D eigenvalue weighted by atomic mass is 10.1. The van der Waals surface area contributed by atoms with E-state index in [-0.39, 0.29) is 17.2 Å². The normalized spacial score (nSPS) is 9.95. The van der Waals surface area contributed by atoms with E-state index in [1.54, 1.807) is 0 Å². The molecule has 0 radical (unpaired) electrons. The number of hydrogen-bond donors (Lipinski definition) is 1. The minimum atomic E-state index is -0.571. The first-order valence-electron chi connectivity index (χ1n) is 6.67. The van der Waals surface area contributed by atoms with Gasteiger partial charge in [0, 0.05) is 6.42 Å². The van der Waals surface area contributed by atoms with Crippen molar-refractivity contribution in [2.24, 2.45) is 0 Å². The molecule has 0 aliphatic rings. The molecule has 0 aliphatic carbocycles. The van der Waals surface area contributed by atoms with Gasteiger partial charge >= 0.3 is 0 Å². The van der Waals surface area contributed by atoms with Crippen molar-refractivity contribution in [2.75, 3.05) is 5.32 Å². The van der Waals surface area contributed by atoms with Gasteiger partial charge in [-0.1, -0.05) is 32.6 Å². The fourth-order valence-corrected chi connectivity index (χ4v) is 1.79. The average molecular weight is 262 g/mol. The van der Waals surface area contributed by atoms with Crippen molar-refractivity contribution in [1.82, 2.24) is 0 Å². The molecule has 102 valence electrons. The lowest BCUT2D eigenvalue weighted by Crippen LogP contribution is -2.12. The summed E-state index contributed by atoms with van der Waals surface area (Å²) in [5.41, 5.74) is 0.382. The first kappa shape index (κ1) is 15.2. The van der Waals surface area contributed by atoms with Crippen LogP contribution in [0.5, 0.6) is 0 Å². The first-order valence-corrected chi connectivity index (χ1v) is 6.67. The van der Waals surface area contributed by atoms with Crippen molar-refractivity contribution in [3.63, 3.8) is 0 Å². The maximum Gasteiger partial charge on any atom is 0.224 e. The van der Waals surface area contributed by atoms with Gasteiger partial charge in [-0.2, -0.15) is 5.26 Å². The summed E-state index contributed by atoms with van der Waals surface area (Å²) in [6.07, 6.45) is 5.74. The van der Waals surface area contributed by atoms with Gasteiger partial charge in [-0.3, -0.25) is 4.79 Å². The van der Waals surface area contributed by atoms with Crippen molar-refractivity contribution >= 4 is 11.6 Å². The van der Waals surface area contributed by atoms with Gasteiger partial charge in [0.05, 0.1) is 17.3 Å². The smallest absolute Gasteiger partial charge is 0.224 e. The minimum Gasteiger partial charge on any atom is -0.324 e. The summed E-state index contributed by atoms with van der Waals surface area (Å²) >= 11 is 0. The molecule has 1 rings (SSSR count). The molecular formula is C15H19FN2O. The Morgan fingerprint density at radius 2 is 2.05 bits per heavy atom. The van der Waals surface area contributed by atoms with Gasteiger partial charge in [-0.25, -0.2) is 4.39 Å². The molecule has 0 aliphatic heterocycles. The van der Waals surface area contributed by atoms with Crippen LogP contribution in [-0.4, -0.2) is 5.91 Å². The Labute approximate surface area is 113 Å². The van der Waals surface area contributed by atoms with E-state index in [4.69, 9.17) is 5.26 Å². The molecule has 0 unspecified atom stereocenters. The van der Waals surface area contributed by atoms with Crippen molar-refractivity contribution in [1.29, 1.82) is 5.26 Å². The Bertz CT molecular complexity index is 466. The van der Waals surface area contributed by atoms with Crippen LogP contribution in [0.4, 0.5) is 10.1 Å². The first-order chi connectivity index (χ1) is 9.17. The molecule has 0 aromatic heterocycles. The van der Waals surface area contributed by atoms with Crippen LogP contribution in [-0.2, 0) is 4.79 Å². The van der Waals surface area contributed by atoms with Gasteiger partial charge in [0.25, 0.3) is 0 Å². The van der Waals surface area contributed by atoms with Crippen LogP contribution in [0, 0.1) is 17.1 Å². The van der Waals surface area contributed by atoms with E-state index >= 15 is 0 Å². The summed E-state index contributed by atoms with van der Waals surface area (Å²) in [4.78, 5) is 11.6. The third-order valence-corrected chi connectivity index (χ3v) is 2.88. The van der Waals surface area contributed by atoms with E-state index < -0.39 is 5.82 Å². The van der Waals surface area contributed by atoms with Crippen molar-refractivity contribution in [2.45, 2.75) is 45.4 Å². The molecule has 0 spiro atoms. The SMILES string of the molecule is CCCCCCCC(=O)Nc1ccc(C#N)cc1F. The Balaban J connectivity index is 2.38. The van der Waals surface area contributed by atoms with Crippen LogP contribution in [0.1, 0.15) is 51.0 Å². The molecule has 19 heavy (non-hydrogen) atoms. The Hall–Kier alpha value is -1.89. The number of hydrogen-bond acceptors (Lipinski definition) is 2. The number of unbranched alkanes of at least 4 members (excludes halogenated alkanes) is 4. The predicted molar refractivity (Wildman–Crippen MR) is 73.1 cm³/mol. The molecule has 4 heteroatoms. The zero-order valence-corrected chi connectivity index (χ0v) is 11.2. The number of rotatable bonds is 7. The topological polar surface area (TPSA) is 52.9 Å². The maximum absolute atomic E-state index is 13.5. The van der Waals surface area contributed by atoms with E-state index in [9.17, 15) is 9.18 Å². The molecule has 0 fully saturated rings. The molecule has 1 N–H and O–H groups in total. The van der Waals surface area contributed by atoms with Crippen LogP contribution < -0.4 is 5.32 Å². The van der Waals surface area contributed by atoms with Gasteiger partial charge in [-0.05, 0) is 24.6 Å². The zero-order valence-electron chi connectivity index (χ0n) is 11.2. The van der Waals surface area contributed by atoms with Gasteiger partial charge < -0.3 is 5.32 Å². The van der Waals surface area contributed by atoms with Crippen LogP contribution >= 0.6 is 0 Å². The second-order valence-electron chi connectivity index (χ2n) is 4.52. The molecule has 0 saturated carbocycles. The number of carbonyl (C=O) groups is 1. The molecule has 3 nitrogen and oxygen atoms in total. The van der Waals surface area contributed by atoms with Crippen molar-refractivity contribution in [3.8, 4) is 6.07 Å². The summed E-state index contributed by atoms with van der Waals surface area (Å²) in [6, 6.07) is 5.88. The van der Waals surface area contributed by atoms with Crippen LogP contribution in [0.15, 0.2) is 18.2 Å². The summed E-state index contributed by atoms with van der Waals surface area (Å²) < 4.78 is 13.5. The molecular weight excluding hydrogens is 243 g/mol. The number of halogens is 1. The molecule has 1 aromatic carbocycles. The fourth-order valence-electron chi connectivity index (χ4n) is 1.79. The van der Waals surface area contributed by atoms with Crippen LogP contribution in [0.2, 0.25) is 0 Å². The molecule has 0 atom stereocenters. The second-order valence-corrected chi connectivity index (χ2v) is 4.52. The molecule has 0 heterocycles. The van der Waals surface area contributed by atoms with E-state index in [1.807, 2.05) is 6.07 Å². The quantitative estimate of drug-likeness (QED) is 0.755. The molecule has 1 aromatic rings. The van der Waals surface area contributed by atoms with Gasteiger partial charge in [0.2, 0.25) is 5.91 Å². The number of nitriles is 1. The Kier molecular flexibility index (Phi) is 6.59. The highest BCUT2D eigenvalue weighted by molar-refractivity contribution is 5.90. The lowest BCUT2D eigenvalue weighted by Gasteiger charge is -2.06. The van der Waals surface area contributed by atoms with Crippen LogP contribution in [0.3, 0.4) is 0 Å². The standard InChI is InChI=1S/C15H19FN2O/c1-2-3-4-5-6-7-15(19)18-14-9-8-12(11-17)10-13(14)16/h8-10H,2-7H2,1H3,(H,18,19). The highest BCUT2D eigenvalue weighted by Gasteiger charge is 2.07. The number of amides is 1. The number of carbonyl (C=O) groups excluding carboxylic acids is 1. The van der Waals surface area contributed by atoms with Gasteiger partial charge in [-0.15, -0.1) is 0 Å². The van der Waals surface area contributed by atoms with Crippen molar-refractivity contribution < 1.29 is 9.18 Å². The Morgan fingerprint density at radius 1 is 1.32 bits per heavy atom. The van der Waals surface area contributed by atoms with Gasteiger partial charge in [0.1, 0.15) is 5.82 Å². The largest absolute Gasteiger partial charge is 0.324 e. The maximum atomic E-state index is 13.5. The Morgan fingerprint density at radius 3 is 2.68 bits per heavy atom. The van der Waals surface area contributed by atoms with Crippen molar-refractivity contribution in [3.05, 3.63) is 29.6 Å². The fraction of sp³-hybridized carbons (Fsp3) is 0.467. The number of nitrogens with one attached hydrogen (secondary N) is 1. The summed E-state index contributed by atoms with van der Waals surface area (Å²) in [7, 11) is 0. The van der Waals surface area contributed by atoms with Gasteiger partial charge in [0.15, 0.2) is 0 Å². The number of benzene rings is 1. The minimum absolute atomic E-state index is 0.137. The zero-order chi connectivity index (χ0) is 14.1. The van der Waals surface area contributed by atoms with Crippen LogP contribution in [0.25, 0.3) is 0 Å². The predicted octanol–water partition coefficient (Wildman–Crippen LogP) is 4.00. The third kappa shape index (κ3) is 5.52. The summed E-state index contributed by atoms with van der Waals surface area (Å²) in [6.45, 7) is 2.14. The second kappa shape index (κ2) is 8.25. The van der Waals surface area contributed by atoms with E-state index in [1.165, 1.54) is 25.0 Å². The highest BCUT2D eigenvalue weighted by atomic mass is 19.1.